The van der Waals surface area contributed by atoms with E-state index in [0.717, 1.165) is 5.56 Å². The molecule has 2 nitrogen and oxygen atoms in total. The second-order valence-electron chi connectivity index (χ2n) is 3.63. The van der Waals surface area contributed by atoms with Crippen LogP contribution in [-0.4, -0.2) is 19.8 Å². The van der Waals surface area contributed by atoms with Gasteiger partial charge in [-0.15, -0.1) is 0 Å². The van der Waals surface area contributed by atoms with Crippen LogP contribution in [0.2, 0.25) is 5.02 Å². The number of ether oxygens (including phenoxy) is 1. The second kappa shape index (κ2) is 5.60. The quantitative estimate of drug-likeness (QED) is 0.904. The highest BCUT2D eigenvalue weighted by Gasteiger charge is 2.26. The van der Waals surface area contributed by atoms with Crippen LogP contribution < -0.4 is 10.1 Å². The maximum atomic E-state index is 12.0. The van der Waals surface area contributed by atoms with Crippen LogP contribution in [0.15, 0.2) is 12.1 Å². The van der Waals surface area contributed by atoms with E-state index in [1.807, 2.05) is 0 Å². The summed E-state index contributed by atoms with van der Waals surface area (Å²) in [5.74, 6) is 0.529. The van der Waals surface area contributed by atoms with Gasteiger partial charge in [-0.1, -0.05) is 11.6 Å². The third kappa shape index (κ3) is 4.44. The standard InChI is InChI=1S/C11H13ClF3NO/c1-7-3-10(17-2)8(4-9(7)12)5-16-6-11(13,14)15/h3-4,16H,5-6H2,1-2H3. The minimum Gasteiger partial charge on any atom is -0.496 e. The summed E-state index contributed by atoms with van der Waals surface area (Å²) in [6.45, 7) is 0.822. The van der Waals surface area contributed by atoms with Crippen LogP contribution in [0.1, 0.15) is 11.1 Å². The van der Waals surface area contributed by atoms with E-state index in [2.05, 4.69) is 5.32 Å². The molecule has 1 N–H and O–H groups in total. The van der Waals surface area contributed by atoms with E-state index < -0.39 is 12.7 Å². The first-order valence-electron chi connectivity index (χ1n) is 4.94. The minimum absolute atomic E-state index is 0.0582. The molecule has 0 heterocycles. The Bertz CT molecular complexity index is 393. The number of aryl methyl sites for hydroxylation is 1. The zero-order valence-electron chi connectivity index (χ0n) is 9.49. The fourth-order valence-electron chi connectivity index (χ4n) is 1.36. The van der Waals surface area contributed by atoms with Crippen molar-refractivity contribution in [3.63, 3.8) is 0 Å². The van der Waals surface area contributed by atoms with Gasteiger partial charge in [0.05, 0.1) is 13.7 Å². The van der Waals surface area contributed by atoms with Crippen molar-refractivity contribution in [1.82, 2.24) is 5.32 Å². The fraction of sp³-hybridized carbons (Fsp3) is 0.455. The number of hydrogen-bond acceptors (Lipinski definition) is 2. The van der Waals surface area contributed by atoms with Gasteiger partial charge in [-0.3, -0.25) is 0 Å². The number of hydrogen-bond donors (Lipinski definition) is 1. The number of rotatable bonds is 4. The third-order valence-electron chi connectivity index (χ3n) is 2.20. The second-order valence-corrected chi connectivity index (χ2v) is 4.04. The molecule has 0 aromatic heterocycles. The first-order valence-corrected chi connectivity index (χ1v) is 5.32. The van der Waals surface area contributed by atoms with Gasteiger partial charge in [0.1, 0.15) is 5.75 Å². The van der Waals surface area contributed by atoms with E-state index in [0.29, 0.717) is 16.3 Å². The van der Waals surface area contributed by atoms with E-state index in [9.17, 15) is 13.2 Å². The lowest BCUT2D eigenvalue weighted by Gasteiger charge is -2.12. The number of nitrogens with one attached hydrogen (secondary N) is 1. The summed E-state index contributed by atoms with van der Waals surface area (Å²) in [4.78, 5) is 0. The molecule has 0 aliphatic rings. The highest BCUT2D eigenvalue weighted by Crippen LogP contribution is 2.26. The maximum absolute atomic E-state index is 12.0. The molecule has 1 aromatic rings. The van der Waals surface area contributed by atoms with Crippen molar-refractivity contribution in [2.75, 3.05) is 13.7 Å². The van der Waals surface area contributed by atoms with Crippen LogP contribution in [0.4, 0.5) is 13.2 Å². The molecule has 96 valence electrons. The van der Waals surface area contributed by atoms with Gasteiger partial charge in [-0.2, -0.15) is 13.2 Å². The Labute approximate surface area is 103 Å². The van der Waals surface area contributed by atoms with E-state index in [1.54, 1.807) is 19.1 Å². The zero-order chi connectivity index (χ0) is 13.1. The SMILES string of the molecule is COc1cc(C)c(Cl)cc1CNCC(F)(F)F. The Hall–Kier alpha value is -0.940. The summed E-state index contributed by atoms with van der Waals surface area (Å²) < 4.78 is 41.0. The molecular weight excluding hydrogens is 255 g/mol. The molecule has 0 aliphatic heterocycles. The van der Waals surface area contributed by atoms with Crippen molar-refractivity contribution in [3.05, 3.63) is 28.3 Å². The van der Waals surface area contributed by atoms with Gasteiger partial charge in [0, 0.05) is 17.1 Å². The van der Waals surface area contributed by atoms with Crippen LogP contribution in [0.3, 0.4) is 0 Å². The predicted molar refractivity (Wildman–Crippen MR) is 60.5 cm³/mol. The molecule has 0 saturated carbocycles. The fourth-order valence-corrected chi connectivity index (χ4v) is 1.55. The van der Waals surface area contributed by atoms with Gasteiger partial charge in [0.2, 0.25) is 0 Å². The number of benzene rings is 1. The Morgan fingerprint density at radius 3 is 2.53 bits per heavy atom. The van der Waals surface area contributed by atoms with E-state index in [-0.39, 0.29) is 6.54 Å². The first kappa shape index (κ1) is 14.1. The molecule has 0 atom stereocenters. The van der Waals surface area contributed by atoms with Crippen molar-refractivity contribution in [3.8, 4) is 5.75 Å². The molecule has 0 amide bonds. The monoisotopic (exact) mass is 267 g/mol. The Morgan fingerprint density at radius 1 is 1.35 bits per heavy atom. The van der Waals surface area contributed by atoms with Crippen molar-refractivity contribution in [2.45, 2.75) is 19.6 Å². The molecule has 0 spiro atoms. The molecular formula is C11H13ClF3NO. The molecule has 0 radical (unpaired) electrons. The van der Waals surface area contributed by atoms with Crippen molar-refractivity contribution in [1.29, 1.82) is 0 Å². The highest BCUT2D eigenvalue weighted by molar-refractivity contribution is 6.31. The van der Waals surface area contributed by atoms with Crippen LogP contribution in [0.25, 0.3) is 0 Å². The Kier molecular flexibility index (Phi) is 4.65. The molecule has 6 heteroatoms. The number of alkyl halides is 3. The average Bonchev–Trinajstić information content (AvgIpc) is 2.21. The Morgan fingerprint density at radius 2 is 2.00 bits per heavy atom. The van der Waals surface area contributed by atoms with E-state index >= 15 is 0 Å². The van der Waals surface area contributed by atoms with Crippen LogP contribution in [-0.2, 0) is 6.54 Å². The predicted octanol–water partition coefficient (Wildman–Crippen LogP) is 3.31. The average molecular weight is 268 g/mol. The summed E-state index contributed by atoms with van der Waals surface area (Å²) in [7, 11) is 1.47. The van der Waals surface area contributed by atoms with Gasteiger partial charge in [-0.25, -0.2) is 0 Å². The smallest absolute Gasteiger partial charge is 0.401 e. The molecule has 17 heavy (non-hydrogen) atoms. The van der Waals surface area contributed by atoms with Gasteiger partial charge in [0.15, 0.2) is 0 Å². The van der Waals surface area contributed by atoms with Crippen molar-refractivity contribution in [2.24, 2.45) is 0 Å². The summed E-state index contributed by atoms with van der Waals surface area (Å²) in [6, 6.07) is 3.31. The highest BCUT2D eigenvalue weighted by atomic mass is 35.5. The molecule has 0 fully saturated rings. The van der Waals surface area contributed by atoms with Gasteiger partial charge in [0.25, 0.3) is 0 Å². The Balaban J connectivity index is 2.73. The first-order chi connectivity index (χ1) is 7.83. The molecule has 0 unspecified atom stereocenters. The molecule has 0 bridgehead atoms. The van der Waals surface area contributed by atoms with Gasteiger partial charge >= 0.3 is 6.18 Å². The zero-order valence-corrected chi connectivity index (χ0v) is 10.2. The minimum atomic E-state index is -4.22. The van der Waals surface area contributed by atoms with Gasteiger partial charge in [-0.05, 0) is 24.6 Å². The summed E-state index contributed by atoms with van der Waals surface area (Å²) >= 11 is 5.91. The lowest BCUT2D eigenvalue weighted by Crippen LogP contribution is -2.28. The van der Waals surface area contributed by atoms with Crippen molar-refractivity contribution < 1.29 is 17.9 Å². The summed E-state index contributed by atoms with van der Waals surface area (Å²) in [5.41, 5.74) is 1.43. The molecule has 1 aromatic carbocycles. The van der Waals surface area contributed by atoms with E-state index in [1.165, 1.54) is 7.11 Å². The normalized spacial score (nSPS) is 11.6. The number of methoxy groups -OCH3 is 1. The van der Waals surface area contributed by atoms with Crippen LogP contribution in [0.5, 0.6) is 5.75 Å². The lowest BCUT2D eigenvalue weighted by atomic mass is 10.1. The topological polar surface area (TPSA) is 21.3 Å². The number of halogens is 4. The largest absolute Gasteiger partial charge is 0.496 e. The lowest BCUT2D eigenvalue weighted by molar-refractivity contribution is -0.125. The van der Waals surface area contributed by atoms with Crippen LogP contribution in [0, 0.1) is 6.92 Å². The summed E-state index contributed by atoms with van der Waals surface area (Å²) in [6.07, 6.45) is -4.22. The van der Waals surface area contributed by atoms with Crippen LogP contribution >= 0.6 is 11.6 Å². The van der Waals surface area contributed by atoms with Crippen molar-refractivity contribution >= 4 is 11.6 Å². The molecule has 1 rings (SSSR count). The third-order valence-corrected chi connectivity index (χ3v) is 2.61. The molecule has 0 aliphatic carbocycles. The van der Waals surface area contributed by atoms with Gasteiger partial charge < -0.3 is 10.1 Å². The summed E-state index contributed by atoms with van der Waals surface area (Å²) in [5, 5.41) is 2.81. The van der Waals surface area contributed by atoms with E-state index in [4.69, 9.17) is 16.3 Å². The molecule has 0 saturated heterocycles. The maximum Gasteiger partial charge on any atom is 0.401 e.